The van der Waals surface area contributed by atoms with Crippen LogP contribution in [0.15, 0.2) is 0 Å². The predicted octanol–water partition coefficient (Wildman–Crippen LogP) is -5.41. The lowest BCUT2D eigenvalue weighted by atomic mass is 9.98. The van der Waals surface area contributed by atoms with Crippen LogP contribution in [0, 0.1) is 0 Å². The van der Waals surface area contributed by atoms with E-state index in [2.05, 4.69) is 4.18 Å². The summed E-state index contributed by atoms with van der Waals surface area (Å²) in [6.45, 7) is -1.60. The lowest BCUT2D eigenvalue weighted by Gasteiger charge is -2.45. The van der Waals surface area contributed by atoms with Crippen molar-refractivity contribution in [2.75, 3.05) is 13.2 Å². The van der Waals surface area contributed by atoms with Crippen LogP contribution in [-0.4, -0.2) is 123 Å². The van der Waals surface area contributed by atoms with Crippen molar-refractivity contribution < 1.29 is 67.1 Å². The van der Waals surface area contributed by atoms with E-state index < -0.39 is 85.0 Å². The lowest BCUT2D eigenvalue weighted by molar-refractivity contribution is -0.373. The highest BCUT2D eigenvalue weighted by Gasteiger charge is 2.51. The molecule has 0 aromatic rings. The lowest BCUT2D eigenvalue weighted by Crippen LogP contribution is -2.64. The second-order valence-electron chi connectivity index (χ2n) is 6.03. The van der Waals surface area contributed by atoms with Crippen LogP contribution in [0.4, 0.5) is 0 Å². The topological polar surface area (TPSA) is 268 Å². The smallest absolute Gasteiger partial charge is 0.394 e. The van der Waals surface area contributed by atoms with Crippen molar-refractivity contribution in [1.29, 1.82) is 0 Å². The normalized spacial score (nSPS) is 44.7. The fraction of sp³-hybridized carbons (Fsp3) is 1.00. The zero-order valence-electron chi connectivity index (χ0n) is 14.3. The van der Waals surface area contributed by atoms with Crippen LogP contribution in [0.1, 0.15) is 0 Å². The minimum atomic E-state index is -5.15. The number of rotatable bonds is 6. The van der Waals surface area contributed by atoms with Crippen molar-refractivity contribution in [2.24, 2.45) is 0 Å². The Kier molecular flexibility index (Phi) is 9.06. The molecule has 2 heterocycles. The molecule has 2 fully saturated rings. The molecule has 2 rings (SSSR count). The number of aliphatic hydroxyl groups is 7. The number of hydrogen-bond acceptors (Lipinski definition) is 14. The Morgan fingerprint density at radius 1 is 0.750 bits per heavy atom. The predicted molar refractivity (Wildman–Crippen MR) is 84.1 cm³/mol. The number of aliphatic hydroxyl groups excluding tert-OH is 7. The van der Waals surface area contributed by atoms with Crippen LogP contribution in [0.25, 0.3) is 0 Å². The summed E-state index contributed by atoms with van der Waals surface area (Å²) in [5, 5.41) is 67.5. The van der Waals surface area contributed by atoms with Gasteiger partial charge in [0.2, 0.25) is 0 Å². The van der Waals surface area contributed by atoms with E-state index in [0.29, 0.717) is 0 Å². The third kappa shape index (κ3) is 5.52. The van der Waals surface area contributed by atoms with E-state index in [9.17, 15) is 39.1 Å². The summed E-state index contributed by atoms with van der Waals surface area (Å²) in [5.41, 5.74) is 0. The fourth-order valence-corrected chi connectivity index (χ4v) is 3.21. The molecule has 0 unspecified atom stereocenters. The van der Waals surface area contributed by atoms with Crippen molar-refractivity contribution in [3.63, 3.8) is 0 Å². The molecule has 16 heteroatoms. The SMILES string of the molecule is N.O=S(=O)(O)O[C@H]1[C@@H](O[C@H]2O[C@H](CO)[C@@H](O)[C@H](O)[C@H]2O)O[C@H](CO)[C@@H](O)[C@@H]1O. The highest BCUT2D eigenvalue weighted by Crippen LogP contribution is 2.29. The maximum absolute atomic E-state index is 11.0. The molecule has 28 heavy (non-hydrogen) atoms. The highest BCUT2D eigenvalue weighted by molar-refractivity contribution is 7.80. The van der Waals surface area contributed by atoms with Gasteiger partial charge in [0.1, 0.15) is 42.7 Å². The van der Waals surface area contributed by atoms with Crippen LogP contribution in [0.2, 0.25) is 0 Å². The van der Waals surface area contributed by atoms with Crippen molar-refractivity contribution in [3.05, 3.63) is 0 Å². The first-order chi connectivity index (χ1) is 12.5. The van der Waals surface area contributed by atoms with Gasteiger partial charge in [0, 0.05) is 0 Å². The van der Waals surface area contributed by atoms with Gasteiger partial charge in [0.05, 0.1) is 13.2 Å². The molecule has 0 amide bonds. The minimum Gasteiger partial charge on any atom is -0.394 e. The molecule has 0 aromatic heterocycles. The Hall–Kier alpha value is -0.570. The van der Waals surface area contributed by atoms with Crippen molar-refractivity contribution in [1.82, 2.24) is 6.15 Å². The van der Waals surface area contributed by atoms with Crippen molar-refractivity contribution in [3.8, 4) is 0 Å². The average Bonchev–Trinajstić information content (AvgIpc) is 2.60. The zero-order valence-corrected chi connectivity index (χ0v) is 15.1. The maximum atomic E-state index is 11.0. The monoisotopic (exact) mass is 439 g/mol. The second kappa shape index (κ2) is 9.96. The Labute approximate surface area is 159 Å². The van der Waals surface area contributed by atoms with E-state index in [1.807, 2.05) is 0 Å². The number of hydrogen-bond donors (Lipinski definition) is 9. The molecular formula is C12H25NO14S. The van der Waals surface area contributed by atoms with Gasteiger partial charge in [-0.3, -0.25) is 4.55 Å². The summed E-state index contributed by atoms with van der Waals surface area (Å²) >= 11 is 0. The van der Waals surface area contributed by atoms with E-state index in [0.717, 1.165) is 0 Å². The van der Waals surface area contributed by atoms with E-state index in [-0.39, 0.29) is 6.15 Å². The third-order valence-corrected chi connectivity index (χ3v) is 4.64. The van der Waals surface area contributed by atoms with Gasteiger partial charge >= 0.3 is 10.4 Å². The van der Waals surface area contributed by atoms with Crippen LogP contribution >= 0.6 is 0 Å². The summed E-state index contributed by atoms with van der Waals surface area (Å²) < 4.78 is 50.3. The minimum absolute atomic E-state index is 0. The van der Waals surface area contributed by atoms with Gasteiger partial charge in [-0.2, -0.15) is 8.42 Å². The average molecular weight is 439 g/mol. The fourth-order valence-electron chi connectivity index (χ4n) is 2.72. The molecule has 2 saturated heterocycles. The Balaban J connectivity index is 0.00000392. The highest BCUT2D eigenvalue weighted by atomic mass is 32.3. The van der Waals surface area contributed by atoms with Gasteiger partial charge in [-0.05, 0) is 0 Å². The molecular weight excluding hydrogens is 414 g/mol. The summed E-state index contributed by atoms with van der Waals surface area (Å²) in [5.74, 6) is 0. The van der Waals surface area contributed by atoms with Crippen LogP contribution in [0.5, 0.6) is 0 Å². The molecule has 10 atom stereocenters. The summed E-state index contributed by atoms with van der Waals surface area (Å²) in [6, 6.07) is 0. The molecule has 0 saturated carbocycles. The second-order valence-corrected chi connectivity index (χ2v) is 7.08. The van der Waals surface area contributed by atoms with E-state index >= 15 is 0 Å². The molecule has 11 N–H and O–H groups in total. The molecule has 0 spiro atoms. The Bertz CT molecular complexity index is 589. The van der Waals surface area contributed by atoms with E-state index in [1.165, 1.54) is 0 Å². The van der Waals surface area contributed by atoms with Crippen molar-refractivity contribution in [2.45, 2.75) is 61.4 Å². The van der Waals surface area contributed by atoms with Crippen LogP contribution in [-0.2, 0) is 28.8 Å². The van der Waals surface area contributed by atoms with Crippen LogP contribution in [0.3, 0.4) is 0 Å². The Morgan fingerprint density at radius 3 is 1.68 bits per heavy atom. The molecule has 0 aliphatic carbocycles. The molecule has 15 nitrogen and oxygen atoms in total. The maximum Gasteiger partial charge on any atom is 0.397 e. The Morgan fingerprint density at radius 2 is 1.21 bits per heavy atom. The standard InChI is InChI=1S/C12H22O14S.H3N/c13-1-3-5(15)7(17)9(19)11(23-3)25-12-10(26-27(20,21)22)8(18)6(16)4(2-14)24-12;/h3-19H,1-2H2,(H,20,21,22);1H3/t3-,4-,5-,6-,7+,8+,9-,10-,11-,12-;/m1./s1. The molecule has 2 aliphatic rings. The van der Waals surface area contributed by atoms with Gasteiger partial charge in [0.25, 0.3) is 0 Å². The zero-order chi connectivity index (χ0) is 20.5. The van der Waals surface area contributed by atoms with Gasteiger partial charge < -0.3 is 56.1 Å². The molecule has 2 aliphatic heterocycles. The quantitative estimate of drug-likeness (QED) is 0.175. The first kappa shape index (κ1) is 25.5. The summed E-state index contributed by atoms with van der Waals surface area (Å²) in [7, 11) is -5.15. The molecule has 168 valence electrons. The summed E-state index contributed by atoms with van der Waals surface area (Å²) in [6.07, 6.45) is -17.9. The molecule has 0 aromatic carbocycles. The van der Waals surface area contributed by atoms with Crippen LogP contribution < -0.4 is 6.15 Å². The first-order valence-corrected chi connectivity index (χ1v) is 9.10. The molecule has 0 radical (unpaired) electrons. The summed E-state index contributed by atoms with van der Waals surface area (Å²) in [4.78, 5) is 0. The molecule has 0 bridgehead atoms. The van der Waals surface area contributed by atoms with Crippen molar-refractivity contribution >= 4 is 10.4 Å². The van der Waals surface area contributed by atoms with Gasteiger partial charge in [-0.15, -0.1) is 0 Å². The van der Waals surface area contributed by atoms with E-state index in [1.54, 1.807) is 0 Å². The van der Waals surface area contributed by atoms with Gasteiger partial charge in [-0.25, -0.2) is 4.18 Å². The van der Waals surface area contributed by atoms with Gasteiger partial charge in [0.15, 0.2) is 18.7 Å². The largest absolute Gasteiger partial charge is 0.397 e. The third-order valence-electron chi connectivity index (χ3n) is 4.17. The number of ether oxygens (including phenoxy) is 3. The van der Waals surface area contributed by atoms with E-state index in [4.69, 9.17) is 23.9 Å². The van der Waals surface area contributed by atoms with Gasteiger partial charge in [-0.1, -0.05) is 0 Å². The first-order valence-electron chi connectivity index (χ1n) is 7.74.